The summed E-state index contributed by atoms with van der Waals surface area (Å²) in [5.41, 5.74) is 6.48. The third-order valence-corrected chi connectivity index (χ3v) is 3.37. The number of hydrogen-bond donors (Lipinski definition) is 1. The molecule has 0 aromatic heterocycles. The van der Waals surface area contributed by atoms with Gasteiger partial charge in [-0.15, -0.1) is 0 Å². The second-order valence-electron chi connectivity index (χ2n) is 4.44. The lowest BCUT2D eigenvalue weighted by Crippen LogP contribution is -2.22. The van der Waals surface area contributed by atoms with Crippen molar-refractivity contribution in [3.63, 3.8) is 0 Å². The number of benzene rings is 1. The van der Waals surface area contributed by atoms with Crippen LogP contribution < -0.4 is 10.5 Å². The van der Waals surface area contributed by atoms with Crippen molar-refractivity contribution in [2.75, 3.05) is 7.11 Å². The van der Waals surface area contributed by atoms with Gasteiger partial charge >= 0.3 is 0 Å². The van der Waals surface area contributed by atoms with E-state index in [4.69, 9.17) is 22.1 Å². The Hall–Kier alpha value is -0.800. The van der Waals surface area contributed by atoms with Gasteiger partial charge in [-0.3, -0.25) is 0 Å². The maximum absolute atomic E-state index is 13.7. The van der Waals surface area contributed by atoms with Gasteiger partial charge in [0.25, 0.3) is 0 Å². The van der Waals surface area contributed by atoms with Gasteiger partial charge in [0, 0.05) is 11.6 Å². The van der Waals surface area contributed by atoms with Crippen LogP contribution in [0.5, 0.6) is 5.75 Å². The zero-order valence-electron chi connectivity index (χ0n) is 9.22. The molecule has 1 aliphatic rings. The van der Waals surface area contributed by atoms with E-state index >= 15 is 0 Å². The van der Waals surface area contributed by atoms with E-state index in [1.807, 2.05) is 0 Å². The first-order valence-corrected chi connectivity index (χ1v) is 5.73. The SMILES string of the molecule is COc1cc(Cl)c(F)c(CCC2(N)CC2)c1. The number of ether oxygens (including phenoxy) is 1. The van der Waals surface area contributed by atoms with E-state index in [0.717, 1.165) is 19.3 Å². The van der Waals surface area contributed by atoms with E-state index in [9.17, 15) is 4.39 Å². The molecule has 0 bridgehead atoms. The molecule has 0 aliphatic heterocycles. The highest BCUT2D eigenvalue weighted by Crippen LogP contribution is 2.37. The first-order valence-electron chi connectivity index (χ1n) is 5.35. The number of aryl methyl sites for hydroxylation is 1. The quantitative estimate of drug-likeness (QED) is 0.883. The lowest BCUT2D eigenvalue weighted by Gasteiger charge is -2.11. The lowest BCUT2D eigenvalue weighted by atomic mass is 10.0. The Morgan fingerprint density at radius 3 is 2.75 bits per heavy atom. The molecule has 88 valence electrons. The van der Waals surface area contributed by atoms with Gasteiger partial charge in [0.1, 0.15) is 11.6 Å². The molecule has 0 atom stereocenters. The second-order valence-corrected chi connectivity index (χ2v) is 4.85. The lowest BCUT2D eigenvalue weighted by molar-refractivity contribution is 0.412. The topological polar surface area (TPSA) is 35.2 Å². The molecular formula is C12H15ClFNO. The van der Waals surface area contributed by atoms with Crippen LogP contribution in [0, 0.1) is 5.82 Å². The second kappa shape index (κ2) is 4.22. The van der Waals surface area contributed by atoms with E-state index < -0.39 is 0 Å². The molecule has 1 aromatic carbocycles. The van der Waals surface area contributed by atoms with E-state index in [2.05, 4.69) is 0 Å². The summed E-state index contributed by atoms with van der Waals surface area (Å²) < 4.78 is 18.7. The van der Waals surface area contributed by atoms with Gasteiger partial charge in [-0.1, -0.05) is 11.6 Å². The van der Waals surface area contributed by atoms with Crippen molar-refractivity contribution in [3.8, 4) is 5.75 Å². The summed E-state index contributed by atoms with van der Waals surface area (Å²) in [6, 6.07) is 3.17. The van der Waals surface area contributed by atoms with Crippen LogP contribution in [0.15, 0.2) is 12.1 Å². The van der Waals surface area contributed by atoms with Crippen molar-refractivity contribution in [3.05, 3.63) is 28.5 Å². The molecule has 2 nitrogen and oxygen atoms in total. The van der Waals surface area contributed by atoms with Crippen LogP contribution in [0.25, 0.3) is 0 Å². The van der Waals surface area contributed by atoms with Crippen LogP contribution in [0.1, 0.15) is 24.8 Å². The molecule has 0 unspecified atom stereocenters. The molecule has 16 heavy (non-hydrogen) atoms. The molecule has 0 heterocycles. The Morgan fingerprint density at radius 1 is 1.50 bits per heavy atom. The van der Waals surface area contributed by atoms with E-state index in [-0.39, 0.29) is 16.4 Å². The zero-order valence-corrected chi connectivity index (χ0v) is 9.98. The van der Waals surface area contributed by atoms with Crippen LogP contribution in [-0.4, -0.2) is 12.6 Å². The zero-order chi connectivity index (χ0) is 11.8. The standard InChI is InChI=1S/C12H15ClFNO/c1-16-9-6-8(11(14)10(13)7-9)2-3-12(15)4-5-12/h6-7H,2-5,15H2,1H3. The highest BCUT2D eigenvalue weighted by Gasteiger charge is 2.37. The van der Waals surface area contributed by atoms with Crippen LogP contribution in [0.4, 0.5) is 4.39 Å². The Morgan fingerprint density at radius 2 is 2.19 bits per heavy atom. The molecule has 1 aliphatic carbocycles. The first kappa shape index (κ1) is 11.7. The molecule has 4 heteroatoms. The van der Waals surface area contributed by atoms with Gasteiger partial charge in [-0.25, -0.2) is 4.39 Å². The maximum Gasteiger partial charge on any atom is 0.145 e. The third-order valence-electron chi connectivity index (χ3n) is 3.10. The molecule has 2 N–H and O–H groups in total. The molecule has 1 saturated carbocycles. The molecule has 0 radical (unpaired) electrons. The summed E-state index contributed by atoms with van der Waals surface area (Å²) in [4.78, 5) is 0. The molecular weight excluding hydrogens is 229 g/mol. The molecule has 0 amide bonds. The summed E-state index contributed by atoms with van der Waals surface area (Å²) >= 11 is 5.78. The minimum absolute atomic E-state index is 0.0675. The molecule has 2 rings (SSSR count). The fourth-order valence-corrected chi connectivity index (χ4v) is 1.94. The van der Waals surface area contributed by atoms with Crippen molar-refractivity contribution >= 4 is 11.6 Å². The average molecular weight is 244 g/mol. The number of nitrogens with two attached hydrogens (primary N) is 1. The smallest absolute Gasteiger partial charge is 0.145 e. The van der Waals surface area contributed by atoms with Gasteiger partial charge in [0.2, 0.25) is 0 Å². The largest absolute Gasteiger partial charge is 0.497 e. The molecule has 0 saturated heterocycles. The van der Waals surface area contributed by atoms with Gasteiger partial charge in [0.05, 0.1) is 12.1 Å². The number of methoxy groups -OCH3 is 1. The summed E-state index contributed by atoms with van der Waals surface area (Å²) in [5.74, 6) is 0.231. The van der Waals surface area contributed by atoms with E-state index in [1.54, 1.807) is 13.2 Å². The monoisotopic (exact) mass is 243 g/mol. The fraction of sp³-hybridized carbons (Fsp3) is 0.500. The van der Waals surface area contributed by atoms with E-state index in [0.29, 0.717) is 17.7 Å². The van der Waals surface area contributed by atoms with Gasteiger partial charge < -0.3 is 10.5 Å². The molecule has 1 fully saturated rings. The summed E-state index contributed by atoms with van der Waals surface area (Å²) in [7, 11) is 1.54. The minimum atomic E-state index is -0.355. The summed E-state index contributed by atoms with van der Waals surface area (Å²) in [6.07, 6.45) is 3.48. The van der Waals surface area contributed by atoms with Gasteiger partial charge in [-0.2, -0.15) is 0 Å². The van der Waals surface area contributed by atoms with Crippen LogP contribution >= 0.6 is 11.6 Å². The molecule has 1 aromatic rings. The Labute approximate surface area is 99.5 Å². The van der Waals surface area contributed by atoms with Crippen molar-refractivity contribution in [2.45, 2.75) is 31.2 Å². The van der Waals surface area contributed by atoms with E-state index in [1.165, 1.54) is 6.07 Å². The van der Waals surface area contributed by atoms with Crippen molar-refractivity contribution in [2.24, 2.45) is 5.73 Å². The predicted octanol–water partition coefficient (Wildman–Crippen LogP) is 2.91. The minimum Gasteiger partial charge on any atom is -0.497 e. The molecule has 0 spiro atoms. The Balaban J connectivity index is 2.15. The van der Waals surface area contributed by atoms with Crippen LogP contribution in [-0.2, 0) is 6.42 Å². The number of hydrogen-bond acceptors (Lipinski definition) is 2. The summed E-state index contributed by atoms with van der Waals surface area (Å²) in [5, 5.41) is 0.108. The highest BCUT2D eigenvalue weighted by atomic mass is 35.5. The Kier molecular flexibility index (Phi) is 3.08. The van der Waals surface area contributed by atoms with Gasteiger partial charge in [-0.05, 0) is 37.3 Å². The average Bonchev–Trinajstić information content (AvgIpc) is 2.99. The Bertz CT molecular complexity index is 404. The van der Waals surface area contributed by atoms with Crippen LogP contribution in [0.2, 0.25) is 5.02 Å². The third kappa shape index (κ3) is 2.47. The predicted molar refractivity (Wildman–Crippen MR) is 62.4 cm³/mol. The summed E-state index contributed by atoms with van der Waals surface area (Å²) in [6.45, 7) is 0. The van der Waals surface area contributed by atoms with Crippen molar-refractivity contribution in [1.82, 2.24) is 0 Å². The van der Waals surface area contributed by atoms with Crippen molar-refractivity contribution < 1.29 is 9.13 Å². The normalized spacial score (nSPS) is 17.2. The van der Waals surface area contributed by atoms with Crippen molar-refractivity contribution in [1.29, 1.82) is 0 Å². The first-order chi connectivity index (χ1) is 7.54. The highest BCUT2D eigenvalue weighted by molar-refractivity contribution is 6.30. The van der Waals surface area contributed by atoms with Crippen LogP contribution in [0.3, 0.4) is 0 Å². The van der Waals surface area contributed by atoms with Gasteiger partial charge in [0.15, 0.2) is 0 Å². The number of rotatable bonds is 4. The maximum atomic E-state index is 13.7. The fourth-order valence-electron chi connectivity index (χ4n) is 1.71. The number of halogens is 2.